The van der Waals surface area contributed by atoms with Gasteiger partial charge in [0, 0.05) is 30.4 Å². The van der Waals surface area contributed by atoms with Crippen molar-refractivity contribution in [3.05, 3.63) is 42.5 Å². The maximum Gasteiger partial charge on any atom is 0.231 e. The molecule has 2 aromatic carbocycles. The van der Waals surface area contributed by atoms with E-state index in [1.54, 1.807) is 47.4 Å². The lowest BCUT2D eigenvalue weighted by Gasteiger charge is -2.17. The third kappa shape index (κ3) is 3.53. The zero-order chi connectivity index (χ0) is 18.8. The molecule has 0 spiro atoms. The second-order valence-corrected chi connectivity index (χ2v) is 6.39. The van der Waals surface area contributed by atoms with Crippen LogP contribution in [-0.2, 0) is 9.59 Å². The molecule has 1 fully saturated rings. The molecule has 7 nitrogen and oxygen atoms in total. The summed E-state index contributed by atoms with van der Waals surface area (Å²) >= 11 is 0. The quantitative estimate of drug-likeness (QED) is 0.878. The number of amides is 2. The maximum absolute atomic E-state index is 12.6. The molecule has 1 atom stereocenters. The Morgan fingerprint density at radius 3 is 2.74 bits per heavy atom. The first kappa shape index (κ1) is 17.2. The van der Waals surface area contributed by atoms with E-state index in [1.807, 2.05) is 6.92 Å². The van der Waals surface area contributed by atoms with Crippen LogP contribution in [0.4, 0.5) is 11.4 Å². The number of carbonyl (C=O) groups excluding carboxylic acids is 2. The molecule has 0 radical (unpaired) electrons. The minimum Gasteiger partial charge on any atom is -0.494 e. The third-order valence-corrected chi connectivity index (χ3v) is 4.60. The van der Waals surface area contributed by atoms with Gasteiger partial charge in [0.15, 0.2) is 11.5 Å². The lowest BCUT2D eigenvalue weighted by molar-refractivity contribution is -0.122. The minimum absolute atomic E-state index is 0.0827. The van der Waals surface area contributed by atoms with E-state index in [0.717, 1.165) is 5.75 Å². The number of hydrogen-bond donors (Lipinski definition) is 1. The molecule has 1 saturated heterocycles. The maximum atomic E-state index is 12.6. The summed E-state index contributed by atoms with van der Waals surface area (Å²) in [6, 6.07) is 12.5. The van der Waals surface area contributed by atoms with Crippen LogP contribution in [0.25, 0.3) is 0 Å². The number of hydrogen-bond acceptors (Lipinski definition) is 5. The number of nitrogens with one attached hydrogen (secondary N) is 1. The van der Waals surface area contributed by atoms with E-state index in [2.05, 4.69) is 5.32 Å². The van der Waals surface area contributed by atoms with Gasteiger partial charge in [0.1, 0.15) is 5.75 Å². The van der Waals surface area contributed by atoms with Crippen molar-refractivity contribution in [1.82, 2.24) is 0 Å². The van der Waals surface area contributed by atoms with Crippen LogP contribution in [0.2, 0.25) is 0 Å². The molecule has 2 aliphatic heterocycles. The van der Waals surface area contributed by atoms with Gasteiger partial charge in [-0.3, -0.25) is 9.59 Å². The van der Waals surface area contributed by atoms with Gasteiger partial charge in [-0.2, -0.15) is 0 Å². The normalized spacial score (nSPS) is 17.9. The number of anilines is 2. The fraction of sp³-hybridized carbons (Fsp3) is 0.300. The predicted molar refractivity (Wildman–Crippen MR) is 99.3 cm³/mol. The van der Waals surface area contributed by atoms with Gasteiger partial charge in [-0.25, -0.2) is 0 Å². The molecule has 0 aromatic heterocycles. The number of ether oxygens (including phenoxy) is 3. The monoisotopic (exact) mass is 368 g/mol. The molecule has 2 aliphatic rings. The van der Waals surface area contributed by atoms with E-state index in [0.29, 0.717) is 36.0 Å². The number of benzene rings is 2. The first-order chi connectivity index (χ1) is 13.1. The lowest BCUT2D eigenvalue weighted by atomic mass is 10.1. The average molecular weight is 368 g/mol. The largest absolute Gasteiger partial charge is 0.494 e. The molecule has 1 N–H and O–H groups in total. The van der Waals surface area contributed by atoms with Crippen LogP contribution < -0.4 is 24.4 Å². The summed E-state index contributed by atoms with van der Waals surface area (Å²) < 4.78 is 16.0. The number of rotatable bonds is 5. The van der Waals surface area contributed by atoms with Crippen molar-refractivity contribution in [3.8, 4) is 17.2 Å². The summed E-state index contributed by atoms with van der Waals surface area (Å²) in [4.78, 5) is 26.6. The number of nitrogens with zero attached hydrogens (tertiary/aromatic N) is 1. The minimum atomic E-state index is -0.408. The fourth-order valence-corrected chi connectivity index (χ4v) is 3.23. The Bertz CT molecular complexity index is 865. The summed E-state index contributed by atoms with van der Waals surface area (Å²) in [5, 5.41) is 2.87. The fourth-order valence-electron chi connectivity index (χ4n) is 3.23. The standard InChI is InChI=1S/C20H20N2O5/c1-2-25-16-6-3-14(4-7-16)21-20(24)13-9-19(23)22(11-13)15-5-8-17-18(10-15)27-12-26-17/h3-8,10,13H,2,9,11-12H2,1H3,(H,21,24). The lowest BCUT2D eigenvalue weighted by Crippen LogP contribution is -2.28. The van der Waals surface area contributed by atoms with Crippen molar-refractivity contribution < 1.29 is 23.8 Å². The summed E-state index contributed by atoms with van der Waals surface area (Å²) in [7, 11) is 0. The van der Waals surface area contributed by atoms with Gasteiger partial charge in [0.05, 0.1) is 12.5 Å². The van der Waals surface area contributed by atoms with Crippen molar-refractivity contribution in [2.24, 2.45) is 5.92 Å². The summed E-state index contributed by atoms with van der Waals surface area (Å²) in [6.45, 7) is 3.02. The van der Waals surface area contributed by atoms with E-state index >= 15 is 0 Å². The molecule has 0 bridgehead atoms. The summed E-state index contributed by atoms with van der Waals surface area (Å²) in [5.41, 5.74) is 1.39. The number of fused-ring (bicyclic) bond motifs is 1. The van der Waals surface area contributed by atoms with Gasteiger partial charge in [-0.1, -0.05) is 0 Å². The van der Waals surface area contributed by atoms with Gasteiger partial charge in [-0.05, 0) is 43.3 Å². The van der Waals surface area contributed by atoms with Gasteiger partial charge in [-0.15, -0.1) is 0 Å². The Balaban J connectivity index is 1.41. The van der Waals surface area contributed by atoms with Crippen LogP contribution >= 0.6 is 0 Å². The van der Waals surface area contributed by atoms with Crippen molar-refractivity contribution in [2.45, 2.75) is 13.3 Å². The molecule has 4 rings (SSSR count). The SMILES string of the molecule is CCOc1ccc(NC(=O)C2CC(=O)N(c3ccc4c(c3)OCO4)C2)cc1. The molecule has 0 saturated carbocycles. The Kier molecular flexibility index (Phi) is 4.58. The number of carbonyl (C=O) groups is 2. The van der Waals surface area contributed by atoms with Crippen LogP contribution in [0, 0.1) is 5.92 Å². The Labute approximate surface area is 156 Å². The van der Waals surface area contributed by atoms with Crippen molar-refractivity contribution in [3.63, 3.8) is 0 Å². The highest BCUT2D eigenvalue weighted by atomic mass is 16.7. The van der Waals surface area contributed by atoms with Crippen molar-refractivity contribution in [2.75, 3.05) is 30.2 Å². The van der Waals surface area contributed by atoms with Crippen LogP contribution in [0.1, 0.15) is 13.3 Å². The molecule has 7 heteroatoms. The van der Waals surface area contributed by atoms with Crippen molar-refractivity contribution >= 4 is 23.2 Å². The highest BCUT2D eigenvalue weighted by molar-refractivity contribution is 6.03. The summed E-state index contributed by atoms with van der Waals surface area (Å²) in [5.74, 6) is 1.37. The second-order valence-electron chi connectivity index (χ2n) is 6.39. The van der Waals surface area contributed by atoms with Gasteiger partial charge in [0.25, 0.3) is 0 Å². The topological polar surface area (TPSA) is 77.1 Å². The Morgan fingerprint density at radius 1 is 1.19 bits per heavy atom. The van der Waals surface area contributed by atoms with E-state index in [9.17, 15) is 9.59 Å². The Hall–Kier alpha value is -3.22. The predicted octanol–water partition coefficient (Wildman–Crippen LogP) is 2.81. The molecule has 2 amide bonds. The molecule has 2 heterocycles. The first-order valence-corrected chi connectivity index (χ1v) is 8.88. The zero-order valence-electron chi connectivity index (χ0n) is 14.9. The average Bonchev–Trinajstić information content (AvgIpc) is 3.29. The van der Waals surface area contributed by atoms with Crippen LogP contribution in [0.15, 0.2) is 42.5 Å². The van der Waals surface area contributed by atoms with Crippen molar-refractivity contribution in [1.29, 1.82) is 0 Å². The molecule has 2 aromatic rings. The molecule has 140 valence electrons. The smallest absolute Gasteiger partial charge is 0.231 e. The molecule has 1 unspecified atom stereocenters. The molecular weight excluding hydrogens is 348 g/mol. The van der Waals surface area contributed by atoms with E-state index < -0.39 is 5.92 Å². The summed E-state index contributed by atoms with van der Waals surface area (Å²) in [6.07, 6.45) is 0.178. The molecule has 0 aliphatic carbocycles. The van der Waals surface area contributed by atoms with E-state index in [1.165, 1.54) is 0 Å². The van der Waals surface area contributed by atoms with E-state index in [4.69, 9.17) is 14.2 Å². The highest BCUT2D eigenvalue weighted by Gasteiger charge is 2.35. The van der Waals surface area contributed by atoms with Crippen LogP contribution in [-0.4, -0.2) is 31.8 Å². The van der Waals surface area contributed by atoms with Gasteiger partial charge >= 0.3 is 0 Å². The first-order valence-electron chi connectivity index (χ1n) is 8.88. The van der Waals surface area contributed by atoms with Gasteiger partial charge < -0.3 is 24.4 Å². The third-order valence-electron chi connectivity index (χ3n) is 4.60. The molecular formula is C20H20N2O5. The zero-order valence-corrected chi connectivity index (χ0v) is 14.9. The Morgan fingerprint density at radius 2 is 1.96 bits per heavy atom. The van der Waals surface area contributed by atoms with Gasteiger partial charge in [0.2, 0.25) is 18.6 Å². The second kappa shape index (κ2) is 7.19. The van der Waals surface area contributed by atoms with E-state index in [-0.39, 0.29) is 25.0 Å². The van der Waals surface area contributed by atoms with Crippen LogP contribution in [0.5, 0.6) is 17.2 Å². The highest BCUT2D eigenvalue weighted by Crippen LogP contribution is 2.37. The molecule has 27 heavy (non-hydrogen) atoms. The van der Waals surface area contributed by atoms with Crippen LogP contribution in [0.3, 0.4) is 0 Å².